The van der Waals surface area contributed by atoms with Gasteiger partial charge in [-0.25, -0.2) is 19.4 Å². The molecule has 9 heteroatoms. The van der Waals surface area contributed by atoms with Crippen molar-refractivity contribution in [3.05, 3.63) is 78.5 Å². The minimum Gasteiger partial charge on any atom is -0.480 e. The van der Waals surface area contributed by atoms with E-state index in [0.717, 1.165) is 11.1 Å². The molecule has 0 fully saturated rings. The Morgan fingerprint density at radius 2 is 1.76 bits per heavy atom. The number of carboxylic acid groups (broad SMARTS) is 1. The highest BCUT2D eigenvalue weighted by molar-refractivity contribution is 6.02. The van der Waals surface area contributed by atoms with E-state index in [1.807, 2.05) is 30.3 Å². The van der Waals surface area contributed by atoms with Gasteiger partial charge in [0.25, 0.3) is 0 Å². The van der Waals surface area contributed by atoms with E-state index in [0.29, 0.717) is 17.1 Å². The van der Waals surface area contributed by atoms with Crippen molar-refractivity contribution in [3.63, 3.8) is 0 Å². The molecule has 4 N–H and O–H groups in total. The molecule has 0 radical (unpaired) electrons. The van der Waals surface area contributed by atoms with Gasteiger partial charge in [-0.1, -0.05) is 48.5 Å². The molecule has 0 bridgehead atoms. The van der Waals surface area contributed by atoms with Gasteiger partial charge in [0, 0.05) is 18.2 Å². The lowest BCUT2D eigenvalue weighted by Gasteiger charge is -2.17. The summed E-state index contributed by atoms with van der Waals surface area (Å²) in [5, 5.41) is 17.3. The van der Waals surface area contributed by atoms with Gasteiger partial charge in [0.2, 0.25) is 0 Å². The van der Waals surface area contributed by atoms with Crippen molar-refractivity contribution >= 4 is 29.6 Å². The second-order valence-corrected chi connectivity index (χ2v) is 7.00. The minimum atomic E-state index is -1.20. The number of alkyl carbamates (subject to hydrolysis) is 1. The number of nitrogens with one attached hydrogen (secondary N) is 3. The number of amides is 3. The van der Waals surface area contributed by atoms with Crippen molar-refractivity contribution in [1.82, 2.24) is 10.3 Å². The molecule has 0 aliphatic rings. The Hall–Kier alpha value is -4.40. The number of ether oxygens (including phenoxy) is 1. The summed E-state index contributed by atoms with van der Waals surface area (Å²) in [5.41, 5.74) is 2.71. The van der Waals surface area contributed by atoms with Gasteiger partial charge in [0.05, 0.1) is 12.3 Å². The fourth-order valence-corrected chi connectivity index (χ4v) is 3.15. The fraction of sp³-hybridized carbons (Fsp3) is 0.167. The van der Waals surface area contributed by atoms with E-state index < -0.39 is 24.1 Å². The van der Waals surface area contributed by atoms with Crippen molar-refractivity contribution in [2.45, 2.75) is 19.4 Å². The third-order valence-electron chi connectivity index (χ3n) is 4.63. The summed E-state index contributed by atoms with van der Waals surface area (Å²) in [6.07, 6.45) is 0.757. The van der Waals surface area contributed by atoms with Crippen LogP contribution < -0.4 is 16.0 Å². The van der Waals surface area contributed by atoms with Crippen LogP contribution in [0.2, 0.25) is 0 Å². The Morgan fingerprint density at radius 3 is 2.42 bits per heavy atom. The minimum absolute atomic E-state index is 0.000241. The highest BCUT2D eigenvalue weighted by Gasteiger charge is 2.22. The Labute approximate surface area is 190 Å². The molecule has 3 rings (SSSR count). The standard InChI is InChI=1S/C24H24N4O5/c1-2-33-24(32)27-20(22(29)30)15-16-11-12-18(17-8-4-3-5-9-17)19(14-16)26-23(31)28-21-10-6-7-13-25-21/h3-14,20H,2,15H2,1H3,(H,27,32)(H,29,30)(H2,25,26,28,31)/t20-/m0/s1. The number of pyridine rings is 1. The number of carbonyl (C=O) groups excluding carboxylic acids is 2. The van der Waals surface area contributed by atoms with Gasteiger partial charge < -0.3 is 20.5 Å². The highest BCUT2D eigenvalue weighted by atomic mass is 16.5. The summed E-state index contributed by atoms with van der Waals surface area (Å²) < 4.78 is 4.79. The molecular formula is C24H24N4O5. The number of carbonyl (C=O) groups is 3. The van der Waals surface area contributed by atoms with Crippen LogP contribution in [0.3, 0.4) is 0 Å². The van der Waals surface area contributed by atoms with Gasteiger partial charge in [-0.05, 0) is 36.2 Å². The third-order valence-corrected chi connectivity index (χ3v) is 4.63. The second kappa shape index (κ2) is 11.3. The number of urea groups is 1. The number of aromatic nitrogens is 1. The topological polar surface area (TPSA) is 130 Å². The van der Waals surface area contributed by atoms with Crippen LogP contribution in [0.5, 0.6) is 0 Å². The van der Waals surface area contributed by atoms with Crippen LogP contribution in [0.4, 0.5) is 21.1 Å². The number of nitrogens with zero attached hydrogens (tertiary/aromatic N) is 1. The van der Waals surface area contributed by atoms with Crippen LogP contribution in [0.1, 0.15) is 12.5 Å². The maximum Gasteiger partial charge on any atom is 0.407 e. The number of aliphatic carboxylic acids is 1. The Bertz CT molecular complexity index is 1110. The smallest absolute Gasteiger partial charge is 0.407 e. The first-order chi connectivity index (χ1) is 16.0. The lowest BCUT2D eigenvalue weighted by atomic mass is 9.98. The lowest BCUT2D eigenvalue weighted by molar-refractivity contribution is -0.139. The first kappa shape index (κ1) is 23.3. The van der Waals surface area contributed by atoms with Crippen LogP contribution in [-0.4, -0.2) is 40.8 Å². The highest BCUT2D eigenvalue weighted by Crippen LogP contribution is 2.29. The molecular weight excluding hydrogens is 424 g/mol. The number of anilines is 2. The predicted molar refractivity (Wildman–Crippen MR) is 124 cm³/mol. The monoisotopic (exact) mass is 448 g/mol. The van der Waals surface area contributed by atoms with Gasteiger partial charge >= 0.3 is 18.1 Å². The Balaban J connectivity index is 1.86. The molecule has 0 unspecified atom stereocenters. The van der Waals surface area contributed by atoms with Crippen molar-refractivity contribution in [3.8, 4) is 11.1 Å². The van der Waals surface area contributed by atoms with E-state index in [4.69, 9.17) is 4.74 Å². The molecule has 1 heterocycles. The Morgan fingerprint density at radius 1 is 1.00 bits per heavy atom. The first-order valence-corrected chi connectivity index (χ1v) is 10.3. The molecule has 33 heavy (non-hydrogen) atoms. The molecule has 0 aliphatic heterocycles. The predicted octanol–water partition coefficient (Wildman–Crippen LogP) is 4.13. The van der Waals surface area contributed by atoms with Crippen LogP contribution in [0.25, 0.3) is 11.1 Å². The van der Waals surface area contributed by atoms with Crippen molar-refractivity contribution in [2.75, 3.05) is 17.2 Å². The quantitative estimate of drug-likeness (QED) is 0.410. The maximum atomic E-state index is 12.6. The number of rotatable bonds is 8. The summed E-state index contributed by atoms with van der Waals surface area (Å²) >= 11 is 0. The molecule has 2 aromatic carbocycles. The molecule has 0 saturated heterocycles. The van der Waals surface area contributed by atoms with Gasteiger partial charge in [-0.15, -0.1) is 0 Å². The molecule has 3 aromatic rings. The summed E-state index contributed by atoms with van der Waals surface area (Å²) in [4.78, 5) is 40.0. The van der Waals surface area contributed by atoms with E-state index in [9.17, 15) is 19.5 Å². The van der Waals surface area contributed by atoms with Gasteiger partial charge in [0.1, 0.15) is 11.9 Å². The lowest BCUT2D eigenvalue weighted by Crippen LogP contribution is -2.42. The number of benzene rings is 2. The fourth-order valence-electron chi connectivity index (χ4n) is 3.15. The molecule has 0 saturated carbocycles. The molecule has 3 amide bonds. The van der Waals surface area contributed by atoms with Crippen molar-refractivity contribution in [2.24, 2.45) is 0 Å². The van der Waals surface area contributed by atoms with E-state index in [-0.39, 0.29) is 13.0 Å². The first-order valence-electron chi connectivity index (χ1n) is 10.3. The Kier molecular flexibility index (Phi) is 7.96. The summed E-state index contributed by atoms with van der Waals surface area (Å²) in [6, 6.07) is 18.1. The SMILES string of the molecule is CCOC(=O)N[C@@H](Cc1ccc(-c2ccccc2)c(NC(=O)Nc2ccccn2)c1)C(=O)O. The van der Waals surface area contributed by atoms with Crippen molar-refractivity contribution < 1.29 is 24.2 Å². The molecule has 0 aliphatic carbocycles. The normalized spacial score (nSPS) is 11.2. The van der Waals surface area contributed by atoms with Crippen LogP contribution in [0, 0.1) is 0 Å². The third kappa shape index (κ3) is 6.79. The summed E-state index contributed by atoms with van der Waals surface area (Å²) in [5.74, 6) is -0.811. The second-order valence-electron chi connectivity index (χ2n) is 7.00. The molecule has 1 atom stereocenters. The van der Waals surface area contributed by atoms with Gasteiger partial charge in [-0.3, -0.25) is 5.32 Å². The summed E-state index contributed by atoms with van der Waals surface area (Å²) in [6.45, 7) is 1.76. The van der Waals surface area contributed by atoms with Crippen LogP contribution >= 0.6 is 0 Å². The summed E-state index contributed by atoms with van der Waals surface area (Å²) in [7, 11) is 0. The largest absolute Gasteiger partial charge is 0.480 e. The van der Waals surface area contributed by atoms with Crippen LogP contribution in [-0.2, 0) is 16.0 Å². The zero-order valence-electron chi connectivity index (χ0n) is 17.9. The molecule has 170 valence electrons. The van der Waals surface area contributed by atoms with E-state index in [1.54, 1.807) is 49.5 Å². The average Bonchev–Trinajstić information content (AvgIpc) is 2.80. The molecule has 1 aromatic heterocycles. The van der Waals surface area contributed by atoms with Crippen LogP contribution in [0.15, 0.2) is 72.9 Å². The van der Waals surface area contributed by atoms with E-state index >= 15 is 0 Å². The molecule has 0 spiro atoms. The number of hydrogen-bond donors (Lipinski definition) is 4. The van der Waals surface area contributed by atoms with Gasteiger partial charge in [0.15, 0.2) is 0 Å². The number of carboxylic acids is 1. The van der Waals surface area contributed by atoms with Crippen molar-refractivity contribution in [1.29, 1.82) is 0 Å². The number of hydrogen-bond acceptors (Lipinski definition) is 5. The zero-order valence-corrected chi connectivity index (χ0v) is 17.9. The maximum absolute atomic E-state index is 12.6. The van der Waals surface area contributed by atoms with Gasteiger partial charge in [-0.2, -0.15) is 0 Å². The average molecular weight is 448 g/mol. The zero-order chi connectivity index (χ0) is 23.6. The van der Waals surface area contributed by atoms with E-state index in [2.05, 4.69) is 20.9 Å². The molecule has 9 nitrogen and oxygen atoms in total. The van der Waals surface area contributed by atoms with E-state index in [1.165, 1.54) is 0 Å².